The lowest BCUT2D eigenvalue weighted by Gasteiger charge is -2.25. The average Bonchev–Trinajstić information content (AvgIpc) is 3.11. The van der Waals surface area contributed by atoms with Gasteiger partial charge in [-0.15, -0.1) is 10.2 Å². The zero-order valence-electron chi connectivity index (χ0n) is 15.4. The van der Waals surface area contributed by atoms with Gasteiger partial charge in [-0.2, -0.15) is 0 Å². The highest BCUT2D eigenvalue weighted by atomic mass is 19.1. The molecular formula is C20H20FN5O2. The first kappa shape index (κ1) is 18.1. The molecule has 0 saturated heterocycles. The molecule has 7 nitrogen and oxygen atoms in total. The Kier molecular flexibility index (Phi) is 5.01. The molecule has 0 radical (unpaired) electrons. The van der Waals surface area contributed by atoms with Crippen molar-refractivity contribution in [3.8, 4) is 11.5 Å². The number of benzene rings is 1. The van der Waals surface area contributed by atoms with E-state index in [0.29, 0.717) is 23.7 Å². The number of nitrogens with one attached hydrogen (secondary N) is 1. The smallest absolute Gasteiger partial charge is 0.270 e. The number of hydrogen-bond donors (Lipinski definition) is 1. The number of ether oxygens (including phenoxy) is 1. The van der Waals surface area contributed by atoms with Crippen LogP contribution in [0, 0.1) is 5.82 Å². The van der Waals surface area contributed by atoms with Crippen LogP contribution in [0.5, 0.6) is 11.5 Å². The Balaban J connectivity index is 1.39. The van der Waals surface area contributed by atoms with Gasteiger partial charge in [0.1, 0.15) is 34.7 Å². The summed E-state index contributed by atoms with van der Waals surface area (Å²) in [6.07, 6.45) is 3.86. The van der Waals surface area contributed by atoms with Crippen LogP contribution in [-0.4, -0.2) is 31.7 Å². The van der Waals surface area contributed by atoms with Crippen LogP contribution in [0.4, 0.5) is 4.39 Å². The van der Waals surface area contributed by atoms with E-state index < -0.39 is 0 Å². The molecule has 0 bridgehead atoms. The zero-order valence-corrected chi connectivity index (χ0v) is 15.4. The van der Waals surface area contributed by atoms with E-state index in [0.717, 1.165) is 30.9 Å². The van der Waals surface area contributed by atoms with E-state index in [9.17, 15) is 9.18 Å². The van der Waals surface area contributed by atoms with Crippen molar-refractivity contribution >= 4 is 5.91 Å². The van der Waals surface area contributed by atoms with Crippen LogP contribution in [0.3, 0.4) is 0 Å². The minimum Gasteiger partial charge on any atom is -0.456 e. The van der Waals surface area contributed by atoms with Gasteiger partial charge in [0.05, 0.1) is 6.20 Å². The largest absolute Gasteiger partial charge is 0.456 e. The Hall–Kier alpha value is -3.29. The fraction of sp³-hybridized carbons (Fsp3) is 0.300. The maximum atomic E-state index is 13.2. The molecule has 1 aliphatic rings. The number of hydrogen-bond acceptors (Lipinski definition) is 5. The molecule has 28 heavy (non-hydrogen) atoms. The normalized spacial score (nSPS) is 15.7. The van der Waals surface area contributed by atoms with Crippen molar-refractivity contribution in [2.24, 2.45) is 0 Å². The first-order valence-corrected chi connectivity index (χ1v) is 9.23. The van der Waals surface area contributed by atoms with E-state index in [-0.39, 0.29) is 17.8 Å². The molecular weight excluding hydrogens is 361 g/mol. The van der Waals surface area contributed by atoms with Crippen molar-refractivity contribution in [1.82, 2.24) is 25.1 Å². The van der Waals surface area contributed by atoms with E-state index in [1.807, 2.05) is 6.92 Å². The predicted molar refractivity (Wildman–Crippen MR) is 99.7 cm³/mol. The highest BCUT2D eigenvalue weighted by molar-refractivity contribution is 5.92. The predicted octanol–water partition coefficient (Wildman–Crippen LogP) is 2.91. The Labute approximate surface area is 161 Å². The third kappa shape index (κ3) is 3.85. The molecule has 1 amide bonds. The molecule has 1 atom stereocenters. The van der Waals surface area contributed by atoms with Gasteiger partial charge < -0.3 is 14.6 Å². The van der Waals surface area contributed by atoms with Crippen molar-refractivity contribution in [3.05, 3.63) is 65.8 Å². The molecule has 0 fully saturated rings. The average molecular weight is 381 g/mol. The molecule has 0 aliphatic carbocycles. The minimum absolute atomic E-state index is 0.00585. The summed E-state index contributed by atoms with van der Waals surface area (Å²) in [7, 11) is 0. The van der Waals surface area contributed by atoms with Crippen LogP contribution in [0.2, 0.25) is 0 Å². The van der Waals surface area contributed by atoms with Gasteiger partial charge in [0.25, 0.3) is 5.91 Å². The number of nitrogens with zero attached hydrogens (tertiary/aromatic N) is 4. The summed E-state index contributed by atoms with van der Waals surface area (Å²) in [5, 5.41) is 11.4. The van der Waals surface area contributed by atoms with Crippen LogP contribution >= 0.6 is 0 Å². The molecule has 3 aromatic rings. The minimum atomic E-state index is -0.378. The Bertz CT molecular complexity index is 973. The van der Waals surface area contributed by atoms with E-state index in [1.165, 1.54) is 18.3 Å². The highest BCUT2D eigenvalue weighted by Crippen LogP contribution is 2.21. The van der Waals surface area contributed by atoms with Gasteiger partial charge >= 0.3 is 0 Å². The highest BCUT2D eigenvalue weighted by Gasteiger charge is 2.24. The second-order valence-electron chi connectivity index (χ2n) is 6.64. The van der Waals surface area contributed by atoms with E-state index >= 15 is 0 Å². The van der Waals surface area contributed by atoms with Crippen molar-refractivity contribution in [3.63, 3.8) is 0 Å². The first-order valence-electron chi connectivity index (χ1n) is 9.23. The van der Waals surface area contributed by atoms with E-state index in [1.54, 1.807) is 24.3 Å². The summed E-state index contributed by atoms with van der Waals surface area (Å²) in [5.74, 6) is 2.10. The molecule has 1 unspecified atom stereocenters. The lowest BCUT2D eigenvalue weighted by molar-refractivity contribution is 0.0922. The van der Waals surface area contributed by atoms with Gasteiger partial charge in [0.2, 0.25) is 0 Å². The van der Waals surface area contributed by atoms with Crippen LogP contribution in [-0.2, 0) is 19.4 Å². The zero-order chi connectivity index (χ0) is 19.5. The Morgan fingerprint density at radius 1 is 1.29 bits per heavy atom. The fourth-order valence-electron chi connectivity index (χ4n) is 3.26. The number of carbonyl (C=O) groups is 1. The number of amides is 1. The maximum Gasteiger partial charge on any atom is 0.270 e. The first-order chi connectivity index (χ1) is 13.6. The molecule has 1 aromatic carbocycles. The van der Waals surface area contributed by atoms with Crippen molar-refractivity contribution in [2.75, 3.05) is 0 Å². The van der Waals surface area contributed by atoms with E-state index in [4.69, 9.17) is 4.74 Å². The molecule has 1 aliphatic heterocycles. The van der Waals surface area contributed by atoms with E-state index in [2.05, 4.69) is 25.1 Å². The van der Waals surface area contributed by atoms with Crippen molar-refractivity contribution < 1.29 is 13.9 Å². The number of halogens is 1. The topological polar surface area (TPSA) is 81.9 Å². The lowest BCUT2D eigenvalue weighted by atomic mass is 10.1. The molecule has 8 heteroatoms. The summed E-state index contributed by atoms with van der Waals surface area (Å²) in [6, 6.07) is 9.08. The molecule has 144 valence electrons. The summed E-state index contributed by atoms with van der Waals surface area (Å²) in [5.41, 5.74) is 0.303. The standard InChI is InChI=1S/C20H20FN5O2/c1-2-18-24-25-19-9-6-14(12-26(18)19)23-20(27)17-8-7-16(11-22-17)28-15-5-3-4-13(21)10-15/h3-5,7-8,10-11,14H,2,6,9,12H2,1H3,(H,23,27). The number of carbonyl (C=O) groups excluding carboxylic acids is 1. The van der Waals surface area contributed by atoms with Gasteiger partial charge in [-0.1, -0.05) is 13.0 Å². The second kappa shape index (κ2) is 7.75. The van der Waals surface area contributed by atoms with Gasteiger partial charge in [-0.05, 0) is 30.7 Å². The maximum absolute atomic E-state index is 13.2. The summed E-state index contributed by atoms with van der Waals surface area (Å²) < 4.78 is 20.9. The SMILES string of the molecule is CCc1nnc2n1CC(NC(=O)c1ccc(Oc3cccc(F)c3)cn1)CC2. The van der Waals surface area contributed by atoms with Crippen molar-refractivity contribution in [1.29, 1.82) is 0 Å². The Morgan fingerprint density at radius 3 is 2.93 bits per heavy atom. The van der Waals surface area contributed by atoms with Crippen LogP contribution in [0.25, 0.3) is 0 Å². The van der Waals surface area contributed by atoms with Gasteiger partial charge in [-0.25, -0.2) is 9.37 Å². The fourth-order valence-corrected chi connectivity index (χ4v) is 3.26. The monoisotopic (exact) mass is 381 g/mol. The molecule has 0 saturated carbocycles. The lowest BCUT2D eigenvalue weighted by Crippen LogP contribution is -2.41. The number of aryl methyl sites for hydroxylation is 2. The van der Waals surface area contributed by atoms with Gasteiger partial charge in [-0.3, -0.25) is 4.79 Å². The van der Waals surface area contributed by atoms with Crippen LogP contribution in [0.1, 0.15) is 35.5 Å². The summed E-state index contributed by atoms with van der Waals surface area (Å²) >= 11 is 0. The number of fused-ring (bicyclic) bond motifs is 1. The summed E-state index contributed by atoms with van der Waals surface area (Å²) in [4.78, 5) is 16.7. The molecule has 1 N–H and O–H groups in total. The summed E-state index contributed by atoms with van der Waals surface area (Å²) in [6.45, 7) is 2.70. The van der Waals surface area contributed by atoms with Crippen LogP contribution in [0.15, 0.2) is 42.6 Å². The van der Waals surface area contributed by atoms with Gasteiger partial charge in [0, 0.05) is 31.5 Å². The Morgan fingerprint density at radius 2 is 2.18 bits per heavy atom. The van der Waals surface area contributed by atoms with Gasteiger partial charge in [0.15, 0.2) is 0 Å². The quantitative estimate of drug-likeness (QED) is 0.735. The molecule has 4 rings (SSSR count). The molecule has 3 heterocycles. The molecule has 2 aromatic heterocycles. The van der Waals surface area contributed by atoms with Crippen LogP contribution < -0.4 is 10.1 Å². The number of aromatic nitrogens is 4. The molecule has 0 spiro atoms. The number of rotatable bonds is 5. The van der Waals surface area contributed by atoms with Crippen molar-refractivity contribution in [2.45, 2.75) is 38.8 Å². The third-order valence-corrected chi connectivity index (χ3v) is 4.68. The second-order valence-corrected chi connectivity index (χ2v) is 6.64. The number of pyridine rings is 1. The third-order valence-electron chi connectivity index (χ3n) is 4.68.